The molecule has 1 saturated carbocycles. The highest BCUT2D eigenvalue weighted by molar-refractivity contribution is 6.02. The van der Waals surface area contributed by atoms with Crippen molar-refractivity contribution in [3.8, 4) is 11.3 Å². The average Bonchev–Trinajstić information content (AvgIpc) is 3.36. The van der Waals surface area contributed by atoms with Gasteiger partial charge in [0.05, 0.1) is 11.5 Å². The molecule has 1 aromatic heterocycles. The first-order valence-electron chi connectivity index (χ1n) is 7.95. The van der Waals surface area contributed by atoms with Gasteiger partial charge in [0, 0.05) is 29.3 Å². The summed E-state index contributed by atoms with van der Waals surface area (Å²) in [4.78, 5) is 37.6. The number of H-pyrrole nitrogens is 1. The number of hydrogen-bond donors (Lipinski definition) is 2. The lowest BCUT2D eigenvalue weighted by atomic mass is 10.1. The largest absolute Gasteiger partial charge is 0.462 e. The molecule has 1 amide bonds. The minimum atomic E-state index is -0.568. The summed E-state index contributed by atoms with van der Waals surface area (Å²) in [5.74, 6) is -0.504. The van der Waals surface area contributed by atoms with Gasteiger partial charge in [0.25, 0.3) is 5.69 Å². The van der Waals surface area contributed by atoms with Crippen molar-refractivity contribution in [2.45, 2.75) is 19.8 Å². The molecule has 1 aliphatic rings. The molecule has 2 N–H and O–H groups in total. The highest BCUT2D eigenvalue weighted by Crippen LogP contribution is 2.32. The van der Waals surface area contributed by atoms with E-state index in [9.17, 15) is 19.7 Å². The number of aromatic nitrogens is 1. The summed E-state index contributed by atoms with van der Waals surface area (Å²) >= 11 is 0. The molecule has 1 aliphatic carbocycles. The Labute approximate surface area is 143 Å². The van der Waals surface area contributed by atoms with Crippen LogP contribution in [0.5, 0.6) is 0 Å². The molecule has 25 heavy (non-hydrogen) atoms. The summed E-state index contributed by atoms with van der Waals surface area (Å²) in [5.41, 5.74) is 1.15. The van der Waals surface area contributed by atoms with Crippen molar-refractivity contribution in [2.24, 2.45) is 5.92 Å². The second-order valence-electron chi connectivity index (χ2n) is 5.76. The molecule has 8 nitrogen and oxygen atoms in total. The van der Waals surface area contributed by atoms with Crippen molar-refractivity contribution in [3.63, 3.8) is 0 Å². The number of nitro benzene ring substituents is 1. The van der Waals surface area contributed by atoms with Gasteiger partial charge in [0.15, 0.2) is 0 Å². The van der Waals surface area contributed by atoms with E-state index >= 15 is 0 Å². The SMILES string of the molecule is CCOC(=O)c1cc(-c2cccc([N+](=O)[O-])c2)[nH]c1NC(=O)C1CC1. The number of non-ortho nitro benzene ring substituents is 1. The number of carbonyl (C=O) groups is 2. The molecule has 0 radical (unpaired) electrons. The zero-order chi connectivity index (χ0) is 18.0. The van der Waals surface area contributed by atoms with Crippen LogP contribution in [-0.4, -0.2) is 28.4 Å². The van der Waals surface area contributed by atoms with E-state index in [2.05, 4.69) is 10.3 Å². The van der Waals surface area contributed by atoms with Crippen LogP contribution >= 0.6 is 0 Å². The first-order chi connectivity index (χ1) is 12.0. The lowest BCUT2D eigenvalue weighted by Crippen LogP contribution is -2.16. The van der Waals surface area contributed by atoms with Gasteiger partial charge < -0.3 is 15.0 Å². The molecule has 0 saturated heterocycles. The van der Waals surface area contributed by atoms with E-state index in [1.807, 2.05) is 0 Å². The molecular formula is C17H17N3O5. The van der Waals surface area contributed by atoms with E-state index in [1.54, 1.807) is 19.1 Å². The molecule has 0 bridgehead atoms. The molecular weight excluding hydrogens is 326 g/mol. The average molecular weight is 343 g/mol. The van der Waals surface area contributed by atoms with Crippen LogP contribution in [0, 0.1) is 16.0 Å². The van der Waals surface area contributed by atoms with Gasteiger partial charge >= 0.3 is 5.97 Å². The smallest absolute Gasteiger partial charge is 0.341 e. The van der Waals surface area contributed by atoms with Crippen molar-refractivity contribution in [3.05, 3.63) is 46.0 Å². The monoisotopic (exact) mass is 343 g/mol. The lowest BCUT2D eigenvalue weighted by Gasteiger charge is -2.05. The topological polar surface area (TPSA) is 114 Å². The Morgan fingerprint density at radius 3 is 2.76 bits per heavy atom. The zero-order valence-electron chi connectivity index (χ0n) is 13.6. The summed E-state index contributed by atoms with van der Waals surface area (Å²) in [6.45, 7) is 1.89. The van der Waals surface area contributed by atoms with Gasteiger partial charge in [-0.15, -0.1) is 0 Å². The summed E-state index contributed by atoms with van der Waals surface area (Å²) in [5, 5.41) is 13.7. The standard InChI is InChI=1S/C17H17N3O5/c1-2-25-17(22)13-9-14(11-4-3-5-12(8-11)20(23)24)18-15(13)19-16(21)10-6-7-10/h3-5,8-10,18H,2,6-7H2,1H3,(H,19,21). The van der Waals surface area contributed by atoms with E-state index in [1.165, 1.54) is 18.2 Å². The van der Waals surface area contributed by atoms with Crippen molar-refractivity contribution in [1.82, 2.24) is 4.98 Å². The van der Waals surface area contributed by atoms with Gasteiger partial charge in [-0.2, -0.15) is 0 Å². The third kappa shape index (κ3) is 3.68. The minimum absolute atomic E-state index is 0.0281. The maximum absolute atomic E-state index is 12.2. The maximum atomic E-state index is 12.2. The fourth-order valence-corrected chi connectivity index (χ4v) is 2.44. The van der Waals surface area contributed by atoms with Crippen LogP contribution in [0.25, 0.3) is 11.3 Å². The molecule has 0 atom stereocenters. The summed E-state index contributed by atoms with van der Waals surface area (Å²) < 4.78 is 5.02. The minimum Gasteiger partial charge on any atom is -0.462 e. The molecule has 3 rings (SSSR count). The number of carbonyl (C=O) groups excluding carboxylic acids is 2. The number of nitro groups is 1. The Morgan fingerprint density at radius 1 is 1.36 bits per heavy atom. The van der Waals surface area contributed by atoms with Crippen molar-refractivity contribution in [2.75, 3.05) is 11.9 Å². The van der Waals surface area contributed by atoms with Gasteiger partial charge in [0.1, 0.15) is 11.4 Å². The van der Waals surface area contributed by atoms with Gasteiger partial charge in [-0.1, -0.05) is 12.1 Å². The fraction of sp³-hybridized carbons (Fsp3) is 0.294. The van der Waals surface area contributed by atoms with Crippen LogP contribution in [0.15, 0.2) is 30.3 Å². The van der Waals surface area contributed by atoms with Gasteiger partial charge in [0.2, 0.25) is 5.91 Å². The van der Waals surface area contributed by atoms with Crippen LogP contribution in [0.4, 0.5) is 11.5 Å². The first-order valence-corrected chi connectivity index (χ1v) is 7.95. The van der Waals surface area contributed by atoms with E-state index in [0.29, 0.717) is 11.3 Å². The van der Waals surface area contributed by atoms with E-state index in [0.717, 1.165) is 12.8 Å². The van der Waals surface area contributed by atoms with E-state index < -0.39 is 10.9 Å². The molecule has 1 aromatic carbocycles. The Morgan fingerprint density at radius 2 is 2.12 bits per heavy atom. The first kappa shape index (κ1) is 16.7. The predicted octanol–water partition coefficient (Wildman–Crippen LogP) is 3.12. The summed E-state index contributed by atoms with van der Waals surface area (Å²) in [7, 11) is 0. The summed E-state index contributed by atoms with van der Waals surface area (Å²) in [6, 6.07) is 7.54. The number of hydrogen-bond acceptors (Lipinski definition) is 5. The van der Waals surface area contributed by atoms with Gasteiger partial charge in [-0.05, 0) is 25.8 Å². The van der Waals surface area contributed by atoms with Crippen LogP contribution < -0.4 is 5.32 Å². The molecule has 0 spiro atoms. The quantitative estimate of drug-likeness (QED) is 0.475. The fourth-order valence-electron chi connectivity index (χ4n) is 2.44. The number of benzene rings is 1. The molecule has 8 heteroatoms. The number of nitrogens with zero attached hydrogens (tertiary/aromatic N) is 1. The molecule has 2 aromatic rings. The molecule has 1 heterocycles. The van der Waals surface area contributed by atoms with Crippen LogP contribution in [-0.2, 0) is 9.53 Å². The van der Waals surface area contributed by atoms with Crippen LogP contribution in [0.2, 0.25) is 0 Å². The number of ether oxygens (including phenoxy) is 1. The number of aromatic amines is 1. The number of nitrogens with one attached hydrogen (secondary N) is 2. The zero-order valence-corrected chi connectivity index (χ0v) is 13.6. The Hall–Kier alpha value is -3.16. The Balaban J connectivity index is 1.96. The Kier molecular flexibility index (Phi) is 4.51. The number of amides is 1. The van der Waals surface area contributed by atoms with Gasteiger partial charge in [-0.25, -0.2) is 4.79 Å². The number of rotatable bonds is 6. The molecule has 1 fully saturated rings. The van der Waals surface area contributed by atoms with Crippen molar-refractivity contribution >= 4 is 23.4 Å². The second-order valence-corrected chi connectivity index (χ2v) is 5.76. The van der Waals surface area contributed by atoms with Crippen molar-refractivity contribution < 1.29 is 19.2 Å². The second kappa shape index (κ2) is 6.76. The van der Waals surface area contributed by atoms with Crippen LogP contribution in [0.1, 0.15) is 30.1 Å². The molecule has 130 valence electrons. The van der Waals surface area contributed by atoms with Crippen LogP contribution in [0.3, 0.4) is 0 Å². The van der Waals surface area contributed by atoms with Gasteiger partial charge in [-0.3, -0.25) is 14.9 Å². The number of anilines is 1. The highest BCUT2D eigenvalue weighted by Gasteiger charge is 2.31. The van der Waals surface area contributed by atoms with E-state index in [4.69, 9.17) is 4.74 Å². The van der Waals surface area contributed by atoms with Crippen molar-refractivity contribution in [1.29, 1.82) is 0 Å². The predicted molar refractivity (Wildman–Crippen MR) is 90.2 cm³/mol. The third-order valence-corrected chi connectivity index (χ3v) is 3.88. The third-order valence-electron chi connectivity index (χ3n) is 3.88. The lowest BCUT2D eigenvalue weighted by molar-refractivity contribution is -0.384. The Bertz CT molecular complexity index is 839. The maximum Gasteiger partial charge on any atom is 0.341 e. The van der Waals surface area contributed by atoms with E-state index in [-0.39, 0.29) is 35.5 Å². The summed E-state index contributed by atoms with van der Waals surface area (Å²) in [6.07, 6.45) is 1.66. The molecule has 0 aliphatic heterocycles. The number of esters is 1. The highest BCUT2D eigenvalue weighted by atomic mass is 16.6. The normalized spacial score (nSPS) is 13.3. The molecule has 0 unspecified atom stereocenters.